The van der Waals surface area contributed by atoms with Crippen LogP contribution in [0.3, 0.4) is 0 Å². The van der Waals surface area contributed by atoms with Crippen LogP contribution in [0.1, 0.15) is 62.6 Å². The minimum Gasteiger partial charge on any atom is -0.308 e. The van der Waals surface area contributed by atoms with Gasteiger partial charge in [0.25, 0.3) is 0 Å². The fraction of sp³-hybridized carbons (Fsp3) is 0.769. The second kappa shape index (κ2) is 5.78. The minimum atomic E-state index is 0.663. The number of rotatable bonds is 7. The van der Waals surface area contributed by atoms with E-state index in [1.54, 1.807) is 0 Å². The Balaban J connectivity index is 1.78. The largest absolute Gasteiger partial charge is 0.308 e. The molecule has 2 nitrogen and oxygen atoms in total. The van der Waals surface area contributed by atoms with Crippen molar-refractivity contribution in [2.45, 2.75) is 64.5 Å². The zero-order valence-electron chi connectivity index (χ0n) is 10.3. The average molecular weight is 238 g/mol. The molecule has 1 aromatic rings. The van der Waals surface area contributed by atoms with Gasteiger partial charge in [-0.1, -0.05) is 20.3 Å². The Bertz CT molecular complexity index is 317. The first-order valence-corrected chi connectivity index (χ1v) is 7.39. The maximum absolute atomic E-state index is 4.69. The Morgan fingerprint density at radius 2 is 2.31 bits per heavy atom. The summed E-state index contributed by atoms with van der Waals surface area (Å²) in [6, 6.07) is 0.663. The zero-order valence-corrected chi connectivity index (χ0v) is 11.1. The molecule has 1 aliphatic rings. The van der Waals surface area contributed by atoms with E-state index in [2.05, 4.69) is 24.5 Å². The summed E-state index contributed by atoms with van der Waals surface area (Å²) in [6.07, 6.45) is 6.46. The van der Waals surface area contributed by atoms with Crippen LogP contribution in [0.5, 0.6) is 0 Å². The molecular formula is C13H22N2S. The lowest BCUT2D eigenvalue weighted by Crippen LogP contribution is -2.27. The molecule has 1 atom stereocenters. The smallest absolute Gasteiger partial charge is 0.0959 e. The first-order chi connectivity index (χ1) is 7.83. The number of hydrogen-bond acceptors (Lipinski definition) is 3. The molecule has 2 rings (SSSR count). The van der Waals surface area contributed by atoms with Crippen molar-refractivity contribution < 1.29 is 0 Å². The van der Waals surface area contributed by atoms with Crippen molar-refractivity contribution in [3.63, 3.8) is 0 Å². The van der Waals surface area contributed by atoms with E-state index in [-0.39, 0.29) is 0 Å². The van der Waals surface area contributed by atoms with E-state index in [0.29, 0.717) is 6.04 Å². The quantitative estimate of drug-likeness (QED) is 0.783. The molecule has 0 bridgehead atoms. The first kappa shape index (κ1) is 12.1. The Hall–Kier alpha value is -0.410. The van der Waals surface area contributed by atoms with Crippen LogP contribution in [-0.2, 0) is 6.54 Å². The highest BCUT2D eigenvalue weighted by molar-refractivity contribution is 7.09. The van der Waals surface area contributed by atoms with Crippen molar-refractivity contribution in [1.29, 1.82) is 0 Å². The Morgan fingerprint density at radius 3 is 2.94 bits per heavy atom. The number of aromatic nitrogens is 1. The molecule has 0 aliphatic heterocycles. The van der Waals surface area contributed by atoms with Crippen LogP contribution in [0.25, 0.3) is 0 Å². The summed E-state index contributed by atoms with van der Waals surface area (Å²) < 4.78 is 0. The van der Waals surface area contributed by atoms with Gasteiger partial charge in [-0.25, -0.2) is 4.98 Å². The van der Waals surface area contributed by atoms with Gasteiger partial charge in [0.2, 0.25) is 0 Å². The third-order valence-electron chi connectivity index (χ3n) is 3.20. The number of nitrogens with zero attached hydrogens (tertiary/aromatic N) is 1. The van der Waals surface area contributed by atoms with Crippen LogP contribution in [0.2, 0.25) is 0 Å². The molecule has 16 heavy (non-hydrogen) atoms. The molecule has 1 unspecified atom stereocenters. The maximum Gasteiger partial charge on any atom is 0.0959 e. The number of nitrogens with one attached hydrogen (secondary N) is 1. The van der Waals surface area contributed by atoms with Crippen molar-refractivity contribution in [3.8, 4) is 0 Å². The Labute approximate surface area is 102 Å². The van der Waals surface area contributed by atoms with Gasteiger partial charge in [0.05, 0.1) is 10.7 Å². The molecule has 0 amide bonds. The van der Waals surface area contributed by atoms with Gasteiger partial charge < -0.3 is 5.32 Å². The summed E-state index contributed by atoms with van der Waals surface area (Å²) in [5.74, 6) is 0.802. The highest BCUT2D eigenvalue weighted by Gasteiger charge is 2.26. The lowest BCUT2D eigenvalue weighted by molar-refractivity contribution is 0.460. The van der Waals surface area contributed by atoms with Crippen LogP contribution in [0.4, 0.5) is 0 Å². The normalized spacial score (nSPS) is 17.6. The molecule has 90 valence electrons. The Kier molecular flexibility index (Phi) is 4.36. The molecule has 0 saturated heterocycles. The third-order valence-corrected chi connectivity index (χ3v) is 4.25. The molecule has 1 N–H and O–H groups in total. The van der Waals surface area contributed by atoms with E-state index in [0.717, 1.165) is 12.5 Å². The van der Waals surface area contributed by atoms with E-state index < -0.39 is 0 Å². The van der Waals surface area contributed by atoms with Crippen molar-refractivity contribution in [2.75, 3.05) is 0 Å². The lowest BCUT2D eigenvalue weighted by Gasteiger charge is -2.14. The van der Waals surface area contributed by atoms with Crippen LogP contribution >= 0.6 is 11.3 Å². The summed E-state index contributed by atoms with van der Waals surface area (Å²) in [4.78, 5) is 4.69. The van der Waals surface area contributed by atoms with E-state index in [1.165, 1.54) is 42.8 Å². The number of thiazole rings is 1. The molecule has 0 radical (unpaired) electrons. The first-order valence-electron chi connectivity index (χ1n) is 6.51. The highest BCUT2D eigenvalue weighted by Crippen LogP contribution is 2.41. The van der Waals surface area contributed by atoms with Crippen LogP contribution in [0, 0.1) is 0 Å². The molecular weight excluding hydrogens is 216 g/mol. The van der Waals surface area contributed by atoms with Crippen LogP contribution in [0.15, 0.2) is 5.38 Å². The molecule has 1 fully saturated rings. The minimum absolute atomic E-state index is 0.663. The lowest BCUT2D eigenvalue weighted by atomic mass is 10.1. The topological polar surface area (TPSA) is 24.9 Å². The maximum atomic E-state index is 4.69. The molecule has 1 aliphatic carbocycles. The predicted molar refractivity (Wildman–Crippen MR) is 69.9 cm³/mol. The second-order valence-corrected chi connectivity index (χ2v) is 5.62. The van der Waals surface area contributed by atoms with Crippen molar-refractivity contribution in [1.82, 2.24) is 10.3 Å². The van der Waals surface area contributed by atoms with Crippen molar-refractivity contribution in [2.24, 2.45) is 0 Å². The molecule has 3 heteroatoms. The fourth-order valence-electron chi connectivity index (χ4n) is 1.97. The van der Waals surface area contributed by atoms with Crippen molar-refractivity contribution in [3.05, 3.63) is 16.1 Å². The molecule has 0 spiro atoms. The van der Waals surface area contributed by atoms with Gasteiger partial charge >= 0.3 is 0 Å². The molecule has 1 heterocycles. The molecule has 0 aromatic carbocycles. The van der Waals surface area contributed by atoms with Crippen molar-refractivity contribution >= 4 is 11.3 Å². The standard InChI is InChI=1S/C13H22N2S/c1-3-5-11(4-2)14-8-12-9-16-13(15-12)10-6-7-10/h9-11,14H,3-8H2,1-2H3. The van der Waals surface area contributed by atoms with Gasteiger partial charge in [-0.2, -0.15) is 0 Å². The average Bonchev–Trinajstić information content (AvgIpc) is 3.04. The van der Waals surface area contributed by atoms with E-state index >= 15 is 0 Å². The van der Waals surface area contributed by atoms with Crippen LogP contribution < -0.4 is 5.32 Å². The van der Waals surface area contributed by atoms with E-state index in [4.69, 9.17) is 4.98 Å². The molecule has 1 saturated carbocycles. The summed E-state index contributed by atoms with van der Waals surface area (Å²) in [5.41, 5.74) is 1.24. The summed E-state index contributed by atoms with van der Waals surface area (Å²) in [6.45, 7) is 5.45. The van der Waals surface area contributed by atoms with Gasteiger partial charge in [-0.3, -0.25) is 0 Å². The molecule has 1 aromatic heterocycles. The van der Waals surface area contributed by atoms with Gasteiger partial charge in [0.15, 0.2) is 0 Å². The van der Waals surface area contributed by atoms with Gasteiger partial charge in [-0.05, 0) is 25.7 Å². The van der Waals surface area contributed by atoms with E-state index in [1.807, 2.05) is 11.3 Å². The van der Waals surface area contributed by atoms with Crippen LogP contribution in [-0.4, -0.2) is 11.0 Å². The highest BCUT2D eigenvalue weighted by atomic mass is 32.1. The zero-order chi connectivity index (χ0) is 11.4. The third kappa shape index (κ3) is 3.29. The number of hydrogen-bond donors (Lipinski definition) is 1. The SMILES string of the molecule is CCCC(CC)NCc1csc(C2CC2)n1. The summed E-state index contributed by atoms with van der Waals surface area (Å²) in [5, 5.41) is 7.19. The van der Waals surface area contributed by atoms with E-state index in [9.17, 15) is 0 Å². The Morgan fingerprint density at radius 1 is 1.50 bits per heavy atom. The fourth-order valence-corrected chi connectivity index (χ4v) is 2.96. The summed E-state index contributed by atoms with van der Waals surface area (Å²) >= 11 is 1.84. The predicted octanol–water partition coefficient (Wildman–Crippen LogP) is 3.69. The van der Waals surface area contributed by atoms with Gasteiger partial charge in [0, 0.05) is 23.9 Å². The van der Waals surface area contributed by atoms with Gasteiger partial charge in [0.1, 0.15) is 0 Å². The second-order valence-electron chi connectivity index (χ2n) is 4.73. The monoisotopic (exact) mass is 238 g/mol. The summed E-state index contributed by atoms with van der Waals surface area (Å²) in [7, 11) is 0. The van der Waals surface area contributed by atoms with Gasteiger partial charge in [-0.15, -0.1) is 11.3 Å².